The lowest BCUT2D eigenvalue weighted by molar-refractivity contribution is -0.120. The molecular weight excluding hydrogens is 433 g/mol. The maximum Gasteiger partial charge on any atom is 0.259 e. The monoisotopic (exact) mass is 443 g/mol. The number of amides is 2. The van der Waals surface area contributed by atoms with Gasteiger partial charge in [0.2, 0.25) is 0 Å². The second-order valence-electron chi connectivity index (χ2n) is 4.81. The molecular formula is C16H12BrCl2N3O3. The van der Waals surface area contributed by atoms with Crippen LogP contribution in [0.2, 0.25) is 10.0 Å². The minimum atomic E-state index is -0.529. The second kappa shape index (κ2) is 8.84. The van der Waals surface area contributed by atoms with Crippen LogP contribution in [0.3, 0.4) is 0 Å². The molecule has 2 aromatic rings. The predicted molar refractivity (Wildman–Crippen MR) is 100 cm³/mol. The molecule has 0 aromatic heterocycles. The van der Waals surface area contributed by atoms with E-state index in [0.717, 1.165) is 4.47 Å². The lowest BCUT2D eigenvalue weighted by atomic mass is 10.2. The summed E-state index contributed by atoms with van der Waals surface area (Å²) >= 11 is 14.9. The molecule has 2 aromatic carbocycles. The summed E-state index contributed by atoms with van der Waals surface area (Å²) in [5, 5.41) is 16.4. The number of aromatic hydroxyl groups is 1. The van der Waals surface area contributed by atoms with Crippen LogP contribution in [0.4, 0.5) is 0 Å². The van der Waals surface area contributed by atoms with E-state index >= 15 is 0 Å². The van der Waals surface area contributed by atoms with Crippen LogP contribution in [0, 0.1) is 0 Å². The molecule has 0 spiro atoms. The molecule has 0 unspecified atom stereocenters. The van der Waals surface area contributed by atoms with E-state index in [-0.39, 0.29) is 22.9 Å². The van der Waals surface area contributed by atoms with E-state index < -0.39 is 11.8 Å². The smallest absolute Gasteiger partial charge is 0.259 e. The van der Waals surface area contributed by atoms with Crippen LogP contribution >= 0.6 is 39.1 Å². The van der Waals surface area contributed by atoms with Crippen LogP contribution in [0.1, 0.15) is 15.9 Å². The number of hydrazone groups is 1. The third kappa shape index (κ3) is 5.74. The summed E-state index contributed by atoms with van der Waals surface area (Å²) in [5.41, 5.74) is 2.96. The third-order valence-corrected chi connectivity index (χ3v) is 4.21. The van der Waals surface area contributed by atoms with E-state index in [2.05, 4.69) is 31.8 Å². The van der Waals surface area contributed by atoms with Crippen molar-refractivity contribution in [2.75, 3.05) is 6.54 Å². The van der Waals surface area contributed by atoms with Crippen molar-refractivity contribution < 1.29 is 14.7 Å². The van der Waals surface area contributed by atoms with Crippen LogP contribution in [0.25, 0.3) is 0 Å². The fourth-order valence-corrected chi connectivity index (χ4v) is 2.42. The van der Waals surface area contributed by atoms with Gasteiger partial charge in [-0.3, -0.25) is 9.59 Å². The zero-order valence-electron chi connectivity index (χ0n) is 12.6. The number of rotatable bonds is 5. The number of phenols is 1. The molecule has 0 aliphatic heterocycles. The van der Waals surface area contributed by atoms with Crippen LogP contribution in [-0.2, 0) is 4.79 Å². The molecule has 9 heteroatoms. The fourth-order valence-electron chi connectivity index (χ4n) is 1.74. The molecule has 0 saturated heterocycles. The van der Waals surface area contributed by atoms with Gasteiger partial charge in [-0.2, -0.15) is 5.10 Å². The lowest BCUT2D eigenvalue weighted by Gasteiger charge is -2.05. The Bertz CT molecular complexity index is 843. The molecule has 0 radical (unpaired) electrons. The largest absolute Gasteiger partial charge is 0.507 e. The molecule has 0 saturated carbocycles. The van der Waals surface area contributed by atoms with E-state index in [1.807, 2.05) is 0 Å². The molecule has 2 rings (SSSR count). The van der Waals surface area contributed by atoms with Gasteiger partial charge in [0.25, 0.3) is 11.8 Å². The van der Waals surface area contributed by atoms with Gasteiger partial charge in [-0.1, -0.05) is 39.1 Å². The zero-order valence-corrected chi connectivity index (χ0v) is 15.7. The standard InChI is InChI=1S/C16H12BrCl2N3O3/c17-11-2-4-14(23)10(5-11)7-21-22-15(24)8-20-16(25)9-1-3-12(18)13(19)6-9/h1-7,23H,8H2,(H,20,25)(H,22,24)/b21-7+. The van der Waals surface area contributed by atoms with Gasteiger partial charge in [-0.25, -0.2) is 5.43 Å². The Kier molecular flexibility index (Phi) is 6.81. The summed E-state index contributed by atoms with van der Waals surface area (Å²) < 4.78 is 0.756. The highest BCUT2D eigenvalue weighted by atomic mass is 79.9. The average molecular weight is 445 g/mol. The Balaban J connectivity index is 1.86. The molecule has 0 fully saturated rings. The molecule has 130 valence electrons. The quantitative estimate of drug-likeness (QED) is 0.487. The molecule has 25 heavy (non-hydrogen) atoms. The van der Waals surface area contributed by atoms with Gasteiger partial charge >= 0.3 is 0 Å². The van der Waals surface area contributed by atoms with Crippen molar-refractivity contribution in [3.63, 3.8) is 0 Å². The van der Waals surface area contributed by atoms with Crippen molar-refractivity contribution in [3.05, 3.63) is 62.0 Å². The summed E-state index contributed by atoms with van der Waals surface area (Å²) in [4.78, 5) is 23.6. The van der Waals surface area contributed by atoms with Gasteiger partial charge in [0, 0.05) is 15.6 Å². The van der Waals surface area contributed by atoms with Gasteiger partial charge < -0.3 is 10.4 Å². The van der Waals surface area contributed by atoms with Crippen molar-refractivity contribution in [3.8, 4) is 5.75 Å². The summed E-state index contributed by atoms with van der Waals surface area (Å²) in [6, 6.07) is 9.19. The van der Waals surface area contributed by atoms with E-state index in [0.29, 0.717) is 10.6 Å². The highest BCUT2D eigenvalue weighted by molar-refractivity contribution is 9.10. The summed E-state index contributed by atoms with van der Waals surface area (Å²) in [5.74, 6) is -0.976. The van der Waals surface area contributed by atoms with E-state index in [9.17, 15) is 14.7 Å². The number of nitrogens with zero attached hydrogens (tertiary/aromatic N) is 1. The maximum absolute atomic E-state index is 11.9. The number of hydrogen-bond donors (Lipinski definition) is 3. The number of benzene rings is 2. The van der Waals surface area contributed by atoms with Gasteiger partial charge in [-0.05, 0) is 36.4 Å². The maximum atomic E-state index is 11.9. The Morgan fingerprint density at radius 2 is 1.92 bits per heavy atom. The lowest BCUT2D eigenvalue weighted by Crippen LogP contribution is -2.34. The fraction of sp³-hybridized carbons (Fsp3) is 0.0625. The van der Waals surface area contributed by atoms with Crippen LogP contribution in [-0.4, -0.2) is 29.7 Å². The van der Waals surface area contributed by atoms with E-state index in [1.54, 1.807) is 12.1 Å². The SMILES string of the molecule is O=C(CNC(=O)c1ccc(Cl)c(Cl)c1)N/N=C/c1cc(Br)ccc1O. The molecule has 2 amide bonds. The third-order valence-electron chi connectivity index (χ3n) is 2.97. The first-order valence-electron chi connectivity index (χ1n) is 6.90. The average Bonchev–Trinajstić information content (AvgIpc) is 2.58. The summed E-state index contributed by atoms with van der Waals surface area (Å²) in [6.07, 6.45) is 1.29. The number of halogens is 3. The van der Waals surface area contributed by atoms with Crippen LogP contribution in [0.15, 0.2) is 46.0 Å². The van der Waals surface area contributed by atoms with Gasteiger partial charge in [0.1, 0.15) is 5.75 Å². The van der Waals surface area contributed by atoms with Gasteiger partial charge in [0.05, 0.1) is 22.8 Å². The number of carbonyl (C=O) groups is 2. The Morgan fingerprint density at radius 1 is 1.16 bits per heavy atom. The Hall–Kier alpha value is -2.09. The normalized spacial score (nSPS) is 10.7. The second-order valence-corrected chi connectivity index (χ2v) is 6.54. The topological polar surface area (TPSA) is 90.8 Å². The number of phenolic OH excluding ortho intramolecular Hbond substituents is 1. The first kappa shape index (κ1) is 19.2. The molecule has 0 heterocycles. The van der Waals surface area contributed by atoms with E-state index in [4.69, 9.17) is 23.2 Å². The van der Waals surface area contributed by atoms with Crippen LogP contribution in [0.5, 0.6) is 5.75 Å². The highest BCUT2D eigenvalue weighted by Crippen LogP contribution is 2.22. The number of hydrogen-bond acceptors (Lipinski definition) is 4. The predicted octanol–water partition coefficient (Wildman–Crippen LogP) is 3.34. The van der Waals surface area contributed by atoms with Crippen molar-refractivity contribution in [2.45, 2.75) is 0 Å². The Labute approximate surface area is 162 Å². The summed E-state index contributed by atoms with van der Waals surface area (Å²) in [6.45, 7) is -0.277. The number of carbonyl (C=O) groups excluding carboxylic acids is 2. The highest BCUT2D eigenvalue weighted by Gasteiger charge is 2.09. The Morgan fingerprint density at radius 3 is 2.64 bits per heavy atom. The first-order chi connectivity index (χ1) is 11.9. The van der Waals surface area contributed by atoms with Crippen molar-refractivity contribution in [1.82, 2.24) is 10.7 Å². The van der Waals surface area contributed by atoms with Crippen molar-refractivity contribution in [1.29, 1.82) is 0 Å². The van der Waals surface area contributed by atoms with Crippen molar-refractivity contribution >= 4 is 57.2 Å². The number of nitrogens with one attached hydrogen (secondary N) is 2. The van der Waals surface area contributed by atoms with Crippen molar-refractivity contribution in [2.24, 2.45) is 5.10 Å². The van der Waals surface area contributed by atoms with Crippen LogP contribution < -0.4 is 10.7 Å². The molecule has 6 nitrogen and oxygen atoms in total. The minimum absolute atomic E-state index is 0.0223. The minimum Gasteiger partial charge on any atom is -0.507 e. The molecule has 0 aliphatic carbocycles. The van der Waals surface area contributed by atoms with Gasteiger partial charge in [-0.15, -0.1) is 0 Å². The van der Waals surface area contributed by atoms with Gasteiger partial charge in [0.15, 0.2) is 0 Å². The molecule has 0 aliphatic rings. The molecule has 0 bridgehead atoms. The van der Waals surface area contributed by atoms with E-state index in [1.165, 1.54) is 30.5 Å². The first-order valence-corrected chi connectivity index (χ1v) is 8.45. The summed E-state index contributed by atoms with van der Waals surface area (Å²) in [7, 11) is 0. The zero-order chi connectivity index (χ0) is 18.4. The molecule has 0 atom stereocenters. The molecule has 3 N–H and O–H groups in total.